The number of anilines is 1. The molecule has 0 unspecified atom stereocenters. The van der Waals surface area contributed by atoms with Gasteiger partial charge >= 0.3 is 11.7 Å². The second kappa shape index (κ2) is 6.05. The van der Waals surface area contributed by atoms with E-state index in [1.54, 1.807) is 11.6 Å². The number of sulfonamides is 1. The molecule has 0 radical (unpaired) electrons. The van der Waals surface area contributed by atoms with Gasteiger partial charge in [-0.05, 0) is 6.92 Å². The first-order chi connectivity index (χ1) is 8.35. The lowest BCUT2D eigenvalue weighted by atomic mass is 10.3. The third-order valence-corrected chi connectivity index (χ3v) is 3.53. The van der Waals surface area contributed by atoms with Crippen LogP contribution in [-0.2, 0) is 26.0 Å². The van der Waals surface area contributed by atoms with E-state index < -0.39 is 21.8 Å². The maximum Gasteiger partial charge on any atom is 0.355 e. The molecule has 0 saturated heterocycles. The average Bonchev–Trinajstić information content (AvgIpc) is 2.64. The minimum atomic E-state index is -4.73. The largest absolute Gasteiger partial charge is 0.466 e. The zero-order chi connectivity index (χ0) is 13.8. The van der Waals surface area contributed by atoms with Crippen LogP contribution < -0.4 is 4.72 Å². The summed E-state index contributed by atoms with van der Waals surface area (Å²) < 4.78 is 52.1. The van der Waals surface area contributed by atoms with Crippen LogP contribution in [0.5, 0.6) is 0 Å². The lowest BCUT2D eigenvalue weighted by molar-refractivity contribution is -0.142. The van der Waals surface area contributed by atoms with Crippen LogP contribution in [0.3, 0.4) is 0 Å². The van der Waals surface area contributed by atoms with Crippen LogP contribution in [0.1, 0.15) is 12.6 Å². The van der Waals surface area contributed by atoms with E-state index >= 15 is 0 Å². The third-order valence-electron chi connectivity index (χ3n) is 1.65. The van der Waals surface area contributed by atoms with Crippen molar-refractivity contribution < 1.29 is 26.7 Å². The van der Waals surface area contributed by atoms with Gasteiger partial charge in [-0.3, -0.25) is 9.52 Å². The summed E-state index contributed by atoms with van der Waals surface area (Å²) in [5.41, 5.74) is 0.255. The monoisotopic (exact) mass is 300 g/mol. The zero-order valence-electron chi connectivity index (χ0n) is 9.22. The molecule has 0 atom stereocenters. The van der Waals surface area contributed by atoms with Crippen molar-refractivity contribution in [3.8, 4) is 0 Å². The molecule has 0 bridgehead atoms. The van der Waals surface area contributed by atoms with Gasteiger partial charge in [0.05, 0.1) is 18.7 Å². The zero-order valence-corrected chi connectivity index (χ0v) is 10.9. The highest BCUT2D eigenvalue weighted by atomic mass is 32.2. The standard InChI is InChI=1S/C8H10F2N2O4S2/c1-2-16-6(13)3-5-4-17-8(11-5)12-18(14,15)7(9)10/h4,7H,2-3H2,1H3,(H,11,12). The Bertz CT molecular complexity index is 515. The number of aromatic nitrogens is 1. The van der Waals surface area contributed by atoms with Crippen molar-refractivity contribution in [3.63, 3.8) is 0 Å². The van der Waals surface area contributed by atoms with E-state index in [-0.39, 0.29) is 23.9 Å². The number of rotatable bonds is 6. The first-order valence-corrected chi connectivity index (χ1v) is 7.17. The fourth-order valence-corrected chi connectivity index (χ4v) is 2.43. The van der Waals surface area contributed by atoms with Crippen LogP contribution >= 0.6 is 11.3 Å². The van der Waals surface area contributed by atoms with Crippen molar-refractivity contribution in [2.24, 2.45) is 0 Å². The second-order valence-electron chi connectivity index (χ2n) is 3.03. The molecule has 0 amide bonds. The highest BCUT2D eigenvalue weighted by Gasteiger charge is 2.25. The Hall–Kier alpha value is -1.29. The molecule has 1 rings (SSSR count). The number of nitrogens with zero attached hydrogens (tertiary/aromatic N) is 1. The van der Waals surface area contributed by atoms with Crippen molar-refractivity contribution in [1.29, 1.82) is 0 Å². The molecule has 0 aliphatic carbocycles. The number of alkyl halides is 2. The minimum Gasteiger partial charge on any atom is -0.466 e. The molecule has 0 spiro atoms. The number of hydrogen-bond acceptors (Lipinski definition) is 6. The predicted molar refractivity (Wildman–Crippen MR) is 61.0 cm³/mol. The summed E-state index contributed by atoms with van der Waals surface area (Å²) in [6.07, 6.45) is -0.138. The van der Waals surface area contributed by atoms with Gasteiger partial charge in [-0.1, -0.05) is 0 Å². The molecule has 0 aliphatic rings. The number of halogens is 2. The Morgan fingerprint density at radius 1 is 1.61 bits per heavy atom. The molecule has 0 aromatic carbocycles. The molecule has 0 aliphatic heterocycles. The summed E-state index contributed by atoms with van der Waals surface area (Å²) >= 11 is 0.811. The van der Waals surface area contributed by atoms with E-state index in [0.29, 0.717) is 0 Å². The van der Waals surface area contributed by atoms with E-state index in [2.05, 4.69) is 9.72 Å². The Kier molecular flexibility index (Phi) is 4.96. The van der Waals surface area contributed by atoms with Crippen LogP contribution in [0.2, 0.25) is 0 Å². The molecule has 0 saturated carbocycles. The van der Waals surface area contributed by atoms with Crippen LogP contribution in [0.15, 0.2) is 5.38 Å². The van der Waals surface area contributed by atoms with Crippen LogP contribution in [0.25, 0.3) is 0 Å². The number of hydrogen-bond donors (Lipinski definition) is 1. The SMILES string of the molecule is CCOC(=O)Cc1csc(NS(=O)(=O)C(F)F)n1. The van der Waals surface area contributed by atoms with Gasteiger partial charge in [-0.25, -0.2) is 13.4 Å². The first kappa shape index (κ1) is 14.8. The molecule has 1 N–H and O–H groups in total. The highest BCUT2D eigenvalue weighted by molar-refractivity contribution is 7.93. The molecule has 102 valence electrons. The van der Waals surface area contributed by atoms with Gasteiger partial charge in [0.1, 0.15) is 0 Å². The van der Waals surface area contributed by atoms with Gasteiger partial charge in [-0.15, -0.1) is 11.3 Å². The maximum atomic E-state index is 12.1. The van der Waals surface area contributed by atoms with Crippen LogP contribution in [0.4, 0.5) is 13.9 Å². The van der Waals surface area contributed by atoms with E-state index in [4.69, 9.17) is 0 Å². The molecule has 10 heteroatoms. The lowest BCUT2D eigenvalue weighted by Gasteiger charge is -2.02. The molecule has 0 fully saturated rings. The summed E-state index contributed by atoms with van der Waals surface area (Å²) in [7, 11) is -4.73. The fourth-order valence-electron chi connectivity index (χ4n) is 0.961. The smallest absolute Gasteiger partial charge is 0.355 e. The molecular formula is C8H10F2N2O4S2. The topological polar surface area (TPSA) is 85.4 Å². The highest BCUT2D eigenvalue weighted by Crippen LogP contribution is 2.19. The minimum absolute atomic E-state index is 0.138. The quantitative estimate of drug-likeness (QED) is 0.798. The summed E-state index contributed by atoms with van der Waals surface area (Å²) in [6.45, 7) is 1.86. The lowest BCUT2D eigenvalue weighted by Crippen LogP contribution is -2.20. The second-order valence-corrected chi connectivity index (χ2v) is 5.54. The van der Waals surface area contributed by atoms with Crippen molar-refractivity contribution in [3.05, 3.63) is 11.1 Å². The normalized spacial score (nSPS) is 11.6. The third kappa shape index (κ3) is 4.18. The maximum absolute atomic E-state index is 12.1. The average molecular weight is 300 g/mol. The fraction of sp³-hybridized carbons (Fsp3) is 0.500. The number of carbonyl (C=O) groups excluding carboxylic acids is 1. The molecule has 6 nitrogen and oxygen atoms in total. The first-order valence-electron chi connectivity index (χ1n) is 4.75. The van der Waals surface area contributed by atoms with Gasteiger partial charge in [0.25, 0.3) is 10.0 Å². The summed E-state index contributed by atoms with van der Waals surface area (Å²) in [5.74, 6) is -4.05. The number of carbonyl (C=O) groups is 1. The van der Waals surface area contributed by atoms with Crippen molar-refractivity contribution in [2.75, 3.05) is 11.3 Å². The van der Waals surface area contributed by atoms with Crippen LogP contribution in [0, 0.1) is 0 Å². The van der Waals surface area contributed by atoms with Crippen LogP contribution in [-0.4, -0.2) is 31.7 Å². The number of esters is 1. The van der Waals surface area contributed by atoms with E-state index in [9.17, 15) is 22.0 Å². The summed E-state index contributed by atoms with van der Waals surface area (Å²) in [4.78, 5) is 14.8. The number of nitrogens with one attached hydrogen (secondary N) is 1. The number of thiazole rings is 1. The van der Waals surface area contributed by atoms with Crippen molar-refractivity contribution >= 4 is 32.5 Å². The number of ether oxygens (including phenoxy) is 1. The van der Waals surface area contributed by atoms with Gasteiger partial charge in [0.2, 0.25) is 0 Å². The predicted octanol–water partition coefficient (Wildman–Crippen LogP) is 1.21. The van der Waals surface area contributed by atoms with Gasteiger partial charge in [0.15, 0.2) is 5.13 Å². The van der Waals surface area contributed by atoms with Gasteiger partial charge in [-0.2, -0.15) is 8.78 Å². The van der Waals surface area contributed by atoms with E-state index in [0.717, 1.165) is 11.3 Å². The van der Waals surface area contributed by atoms with Gasteiger partial charge in [0, 0.05) is 5.38 Å². The van der Waals surface area contributed by atoms with Gasteiger partial charge < -0.3 is 4.74 Å². The Labute approximate surface area is 106 Å². The van der Waals surface area contributed by atoms with E-state index in [1.807, 2.05) is 0 Å². The molecule has 1 aromatic heterocycles. The Morgan fingerprint density at radius 3 is 2.83 bits per heavy atom. The molecule has 18 heavy (non-hydrogen) atoms. The molecular weight excluding hydrogens is 290 g/mol. The van der Waals surface area contributed by atoms with E-state index in [1.165, 1.54) is 5.38 Å². The summed E-state index contributed by atoms with van der Waals surface area (Å²) in [5, 5.41) is 1.18. The Balaban J connectivity index is 2.67. The van der Waals surface area contributed by atoms with Crippen molar-refractivity contribution in [2.45, 2.75) is 19.1 Å². The molecule has 1 heterocycles. The van der Waals surface area contributed by atoms with Crippen molar-refractivity contribution in [1.82, 2.24) is 4.98 Å². The summed E-state index contributed by atoms with van der Waals surface area (Å²) in [6, 6.07) is 0. The Morgan fingerprint density at radius 2 is 2.28 bits per heavy atom. The molecule has 1 aromatic rings.